The summed E-state index contributed by atoms with van der Waals surface area (Å²) in [4.78, 5) is 37.0. The molecule has 0 aliphatic carbocycles. The minimum atomic E-state index is -1.08. The smallest absolute Gasteiger partial charge is 0.335 e. The monoisotopic (exact) mass is 421 g/mol. The Balaban J connectivity index is 1.81. The van der Waals surface area contributed by atoms with Crippen molar-refractivity contribution >= 4 is 46.6 Å². The highest BCUT2D eigenvalue weighted by atomic mass is 35.5. The molecular formula is C19H16ClNO6S. The van der Waals surface area contributed by atoms with Gasteiger partial charge in [0, 0.05) is 31.9 Å². The molecule has 2 heterocycles. The highest BCUT2D eigenvalue weighted by molar-refractivity contribution is 8.18. The fraction of sp³-hybridized carbons (Fsp3) is 0.211. The van der Waals surface area contributed by atoms with Gasteiger partial charge in [-0.25, -0.2) is 4.79 Å². The van der Waals surface area contributed by atoms with Crippen LogP contribution in [0.3, 0.4) is 0 Å². The number of halogens is 1. The number of carboxylic acids is 1. The molecule has 0 saturated carbocycles. The number of furan rings is 1. The third-order valence-corrected chi connectivity index (χ3v) is 5.22. The van der Waals surface area contributed by atoms with E-state index in [1.165, 1.54) is 29.2 Å². The molecule has 146 valence electrons. The van der Waals surface area contributed by atoms with Gasteiger partial charge >= 0.3 is 5.97 Å². The number of nitrogens with zero attached hydrogens (tertiary/aromatic N) is 1. The van der Waals surface area contributed by atoms with E-state index in [9.17, 15) is 14.4 Å². The van der Waals surface area contributed by atoms with Gasteiger partial charge in [0.05, 0.1) is 15.5 Å². The molecule has 1 saturated heterocycles. The summed E-state index contributed by atoms with van der Waals surface area (Å²) in [5, 5.41) is 9.13. The van der Waals surface area contributed by atoms with Crippen molar-refractivity contribution in [2.45, 2.75) is 6.42 Å². The van der Waals surface area contributed by atoms with E-state index < -0.39 is 5.97 Å². The van der Waals surface area contributed by atoms with Crippen molar-refractivity contribution in [3.8, 4) is 11.3 Å². The number of hydrogen-bond donors (Lipinski definition) is 1. The Morgan fingerprint density at radius 2 is 2.11 bits per heavy atom. The Labute approximate surface area is 169 Å². The van der Waals surface area contributed by atoms with Gasteiger partial charge in [-0.15, -0.1) is 0 Å². The minimum Gasteiger partial charge on any atom is -0.478 e. The Hall–Kier alpha value is -2.55. The third-order valence-electron chi connectivity index (χ3n) is 3.98. The first kappa shape index (κ1) is 20.2. The van der Waals surface area contributed by atoms with Crippen molar-refractivity contribution < 1.29 is 28.6 Å². The number of imide groups is 1. The van der Waals surface area contributed by atoms with E-state index in [0.717, 1.165) is 11.8 Å². The summed E-state index contributed by atoms with van der Waals surface area (Å²) in [5.41, 5.74) is 0.503. The average Bonchev–Trinajstić information content (AvgIpc) is 3.22. The predicted octanol–water partition coefficient (Wildman–Crippen LogP) is 4.37. The van der Waals surface area contributed by atoms with Crippen LogP contribution in [0.15, 0.2) is 39.7 Å². The van der Waals surface area contributed by atoms with Gasteiger partial charge in [0.2, 0.25) is 0 Å². The molecule has 0 bridgehead atoms. The molecule has 1 aliphatic heterocycles. The first-order chi connectivity index (χ1) is 13.4. The number of ether oxygens (including phenoxy) is 1. The van der Waals surface area contributed by atoms with Gasteiger partial charge in [0.1, 0.15) is 11.5 Å². The summed E-state index contributed by atoms with van der Waals surface area (Å²) in [7, 11) is 1.56. The van der Waals surface area contributed by atoms with Gasteiger partial charge in [-0.05, 0) is 48.5 Å². The van der Waals surface area contributed by atoms with Crippen molar-refractivity contribution in [2.24, 2.45) is 0 Å². The van der Waals surface area contributed by atoms with Crippen LogP contribution in [0.25, 0.3) is 17.4 Å². The van der Waals surface area contributed by atoms with E-state index in [4.69, 9.17) is 25.9 Å². The molecule has 0 atom stereocenters. The number of methoxy groups -OCH3 is 1. The molecule has 1 aliphatic rings. The van der Waals surface area contributed by atoms with Gasteiger partial charge in [-0.3, -0.25) is 14.5 Å². The minimum absolute atomic E-state index is 0.0783. The van der Waals surface area contributed by atoms with Gasteiger partial charge < -0.3 is 14.3 Å². The maximum Gasteiger partial charge on any atom is 0.335 e. The van der Waals surface area contributed by atoms with Crippen molar-refractivity contribution in [2.75, 3.05) is 20.3 Å². The molecule has 3 rings (SSSR count). The zero-order valence-corrected chi connectivity index (χ0v) is 16.4. The number of aromatic carboxylic acids is 1. The maximum absolute atomic E-state index is 12.4. The van der Waals surface area contributed by atoms with Crippen LogP contribution >= 0.6 is 23.4 Å². The predicted molar refractivity (Wildman–Crippen MR) is 105 cm³/mol. The van der Waals surface area contributed by atoms with Crippen LogP contribution in [-0.2, 0) is 9.53 Å². The molecule has 1 fully saturated rings. The molecule has 2 aromatic rings. The van der Waals surface area contributed by atoms with Crippen molar-refractivity contribution in [3.63, 3.8) is 0 Å². The lowest BCUT2D eigenvalue weighted by molar-refractivity contribution is -0.122. The van der Waals surface area contributed by atoms with E-state index in [2.05, 4.69) is 0 Å². The van der Waals surface area contributed by atoms with E-state index in [-0.39, 0.29) is 28.2 Å². The second-order valence-electron chi connectivity index (χ2n) is 5.88. The second kappa shape index (κ2) is 8.64. The molecule has 1 aromatic heterocycles. The summed E-state index contributed by atoms with van der Waals surface area (Å²) >= 11 is 6.99. The zero-order chi connectivity index (χ0) is 20.3. The fourth-order valence-corrected chi connectivity index (χ4v) is 3.67. The molecular weight excluding hydrogens is 406 g/mol. The summed E-state index contributed by atoms with van der Waals surface area (Å²) in [5.74, 6) is -0.741. The number of thioether (sulfide) groups is 1. The summed E-state index contributed by atoms with van der Waals surface area (Å²) in [6, 6.07) is 7.54. The van der Waals surface area contributed by atoms with Crippen LogP contribution in [0.1, 0.15) is 22.5 Å². The summed E-state index contributed by atoms with van der Waals surface area (Å²) in [6.45, 7) is 0.745. The van der Waals surface area contributed by atoms with Gasteiger partial charge in [0.15, 0.2) is 0 Å². The lowest BCUT2D eigenvalue weighted by Crippen LogP contribution is -2.29. The van der Waals surface area contributed by atoms with Crippen LogP contribution < -0.4 is 0 Å². The second-order valence-corrected chi connectivity index (χ2v) is 7.28. The highest BCUT2D eigenvalue weighted by Crippen LogP contribution is 2.35. The van der Waals surface area contributed by atoms with Crippen molar-refractivity contribution in [3.05, 3.63) is 51.6 Å². The van der Waals surface area contributed by atoms with Crippen molar-refractivity contribution in [1.82, 2.24) is 4.90 Å². The molecule has 0 spiro atoms. The number of carbonyl (C=O) groups excluding carboxylic acids is 2. The quantitative estimate of drug-likeness (QED) is 0.523. The number of benzene rings is 1. The molecule has 2 amide bonds. The zero-order valence-electron chi connectivity index (χ0n) is 14.8. The Bertz CT molecular complexity index is 967. The van der Waals surface area contributed by atoms with Crippen LogP contribution in [0.5, 0.6) is 0 Å². The van der Waals surface area contributed by atoms with Gasteiger partial charge in [-0.2, -0.15) is 0 Å². The lowest BCUT2D eigenvalue weighted by atomic mass is 10.1. The molecule has 0 radical (unpaired) electrons. The average molecular weight is 422 g/mol. The first-order valence-corrected chi connectivity index (χ1v) is 9.47. The normalized spacial score (nSPS) is 15.6. The standard InChI is InChI=1S/C19H16ClNO6S/c1-26-8-2-7-21-17(22)16(28-19(21)25)10-12-4-6-15(27-12)13-9-11(18(23)24)3-5-14(13)20/h3-6,9-10H,2,7-8H2,1H3,(H,23,24)/b16-10+. The highest BCUT2D eigenvalue weighted by Gasteiger charge is 2.34. The molecule has 9 heteroatoms. The molecule has 7 nitrogen and oxygen atoms in total. The van der Waals surface area contributed by atoms with Gasteiger partial charge in [0.25, 0.3) is 11.1 Å². The fourth-order valence-electron chi connectivity index (χ4n) is 2.61. The molecule has 1 N–H and O–H groups in total. The molecule has 0 unspecified atom stereocenters. The summed E-state index contributed by atoms with van der Waals surface area (Å²) in [6.07, 6.45) is 2.05. The van der Waals surface area contributed by atoms with E-state index in [1.807, 2.05) is 0 Å². The Kier molecular flexibility index (Phi) is 6.23. The van der Waals surface area contributed by atoms with E-state index >= 15 is 0 Å². The molecule has 1 aromatic carbocycles. The number of amides is 2. The SMILES string of the molecule is COCCCN1C(=O)S/C(=C/c2ccc(-c3cc(C(=O)O)ccc3Cl)o2)C1=O. The van der Waals surface area contributed by atoms with Gasteiger partial charge in [-0.1, -0.05) is 11.6 Å². The Morgan fingerprint density at radius 3 is 2.82 bits per heavy atom. The Morgan fingerprint density at radius 1 is 1.32 bits per heavy atom. The maximum atomic E-state index is 12.4. The number of hydrogen-bond acceptors (Lipinski definition) is 6. The van der Waals surface area contributed by atoms with Crippen LogP contribution in [0.4, 0.5) is 4.79 Å². The van der Waals surface area contributed by atoms with E-state index in [0.29, 0.717) is 35.1 Å². The van der Waals surface area contributed by atoms with Crippen LogP contribution in [0, 0.1) is 0 Å². The molecule has 28 heavy (non-hydrogen) atoms. The summed E-state index contributed by atoms with van der Waals surface area (Å²) < 4.78 is 10.6. The topological polar surface area (TPSA) is 97.1 Å². The van der Waals surface area contributed by atoms with E-state index in [1.54, 1.807) is 19.2 Å². The number of carbonyl (C=O) groups is 3. The third kappa shape index (κ3) is 4.30. The lowest BCUT2D eigenvalue weighted by Gasteiger charge is -2.11. The van der Waals surface area contributed by atoms with Crippen molar-refractivity contribution in [1.29, 1.82) is 0 Å². The first-order valence-electron chi connectivity index (χ1n) is 8.28. The largest absolute Gasteiger partial charge is 0.478 e. The van der Waals surface area contributed by atoms with Crippen LogP contribution in [0.2, 0.25) is 5.02 Å². The number of rotatable bonds is 7. The number of carboxylic acid groups (broad SMARTS) is 1. The van der Waals surface area contributed by atoms with Crippen LogP contribution in [-0.4, -0.2) is 47.4 Å².